The molecule has 112 valence electrons. The Balaban J connectivity index is 1.90. The largest absolute Gasteiger partial charge is 0.356 e. The van der Waals surface area contributed by atoms with Gasteiger partial charge in [-0.25, -0.2) is 4.98 Å². The monoisotopic (exact) mass is 303 g/mol. The van der Waals surface area contributed by atoms with Crippen molar-refractivity contribution in [1.82, 2.24) is 10.3 Å². The van der Waals surface area contributed by atoms with Gasteiger partial charge in [0.2, 0.25) is 5.91 Å². The van der Waals surface area contributed by atoms with E-state index in [1.165, 1.54) is 5.56 Å². The fraction of sp³-hybridized carbons (Fsp3) is 0.375. The average Bonchev–Trinajstić information content (AvgIpc) is 2.92. The summed E-state index contributed by atoms with van der Waals surface area (Å²) in [6, 6.07) is 8.24. The van der Waals surface area contributed by atoms with Gasteiger partial charge in [-0.2, -0.15) is 0 Å². The van der Waals surface area contributed by atoms with Crippen LogP contribution in [0.5, 0.6) is 0 Å². The van der Waals surface area contributed by atoms with Crippen molar-refractivity contribution >= 4 is 17.2 Å². The molecule has 5 heteroatoms. The fourth-order valence-corrected chi connectivity index (χ4v) is 2.84. The third-order valence-corrected chi connectivity index (χ3v) is 4.05. The number of unbranched alkanes of at least 4 members (excludes halogenated alkanes) is 1. The topological polar surface area (TPSA) is 68.0 Å². The first-order chi connectivity index (χ1) is 10.2. The van der Waals surface area contributed by atoms with Gasteiger partial charge in [0.15, 0.2) is 0 Å². The third kappa shape index (κ3) is 4.95. The van der Waals surface area contributed by atoms with Gasteiger partial charge in [-0.1, -0.05) is 23.8 Å². The van der Waals surface area contributed by atoms with E-state index in [0.717, 1.165) is 29.1 Å². The molecular formula is C16H21N3OS. The normalized spacial score (nSPS) is 10.6. The van der Waals surface area contributed by atoms with Crippen molar-refractivity contribution in [3.8, 4) is 10.6 Å². The van der Waals surface area contributed by atoms with Crippen molar-refractivity contribution in [2.75, 3.05) is 13.1 Å². The third-order valence-electron chi connectivity index (χ3n) is 3.11. The van der Waals surface area contributed by atoms with Crippen molar-refractivity contribution in [3.05, 3.63) is 40.9 Å². The highest BCUT2D eigenvalue weighted by Crippen LogP contribution is 2.24. The van der Waals surface area contributed by atoms with Crippen LogP contribution >= 0.6 is 11.3 Å². The number of amides is 1. The van der Waals surface area contributed by atoms with E-state index in [1.807, 2.05) is 17.5 Å². The van der Waals surface area contributed by atoms with Crippen LogP contribution in [-0.2, 0) is 11.2 Å². The van der Waals surface area contributed by atoms with Crippen molar-refractivity contribution in [2.24, 2.45) is 5.73 Å². The summed E-state index contributed by atoms with van der Waals surface area (Å²) in [6.45, 7) is 3.42. The van der Waals surface area contributed by atoms with Gasteiger partial charge in [-0.15, -0.1) is 11.3 Å². The van der Waals surface area contributed by atoms with Crippen molar-refractivity contribution in [2.45, 2.75) is 26.2 Å². The lowest BCUT2D eigenvalue weighted by atomic mass is 10.1. The van der Waals surface area contributed by atoms with E-state index < -0.39 is 0 Å². The smallest absolute Gasteiger partial charge is 0.226 e. The Morgan fingerprint density at radius 2 is 2.24 bits per heavy atom. The maximum Gasteiger partial charge on any atom is 0.226 e. The first kappa shape index (κ1) is 15.7. The molecule has 0 aliphatic rings. The van der Waals surface area contributed by atoms with Gasteiger partial charge < -0.3 is 11.1 Å². The van der Waals surface area contributed by atoms with Gasteiger partial charge >= 0.3 is 0 Å². The van der Waals surface area contributed by atoms with Gasteiger partial charge in [0.1, 0.15) is 5.01 Å². The Morgan fingerprint density at radius 1 is 1.38 bits per heavy atom. The van der Waals surface area contributed by atoms with Crippen LogP contribution < -0.4 is 11.1 Å². The Kier molecular flexibility index (Phi) is 5.90. The lowest BCUT2D eigenvalue weighted by molar-refractivity contribution is -0.120. The number of rotatable bonds is 7. The molecule has 0 atom stereocenters. The number of hydrogen-bond donors (Lipinski definition) is 2. The molecule has 0 fully saturated rings. The van der Waals surface area contributed by atoms with Crippen molar-refractivity contribution in [3.63, 3.8) is 0 Å². The van der Waals surface area contributed by atoms with Crippen LogP contribution in [0.1, 0.15) is 24.1 Å². The van der Waals surface area contributed by atoms with Gasteiger partial charge in [-0.05, 0) is 32.4 Å². The predicted molar refractivity (Wildman–Crippen MR) is 87.3 cm³/mol. The van der Waals surface area contributed by atoms with E-state index in [9.17, 15) is 4.79 Å². The Morgan fingerprint density at radius 3 is 3.00 bits per heavy atom. The minimum atomic E-state index is 0.0214. The number of benzene rings is 1. The molecule has 2 rings (SSSR count). The SMILES string of the molecule is Cc1cccc(-c2nc(CC(=O)NCCCCN)cs2)c1. The summed E-state index contributed by atoms with van der Waals surface area (Å²) in [6.07, 6.45) is 2.20. The van der Waals surface area contributed by atoms with Gasteiger partial charge in [0.25, 0.3) is 0 Å². The first-order valence-corrected chi connectivity index (χ1v) is 8.05. The zero-order valence-corrected chi connectivity index (χ0v) is 13.1. The molecule has 0 saturated carbocycles. The van der Waals surface area contributed by atoms with E-state index in [0.29, 0.717) is 19.5 Å². The summed E-state index contributed by atoms with van der Waals surface area (Å²) < 4.78 is 0. The number of carbonyl (C=O) groups excluding carboxylic acids is 1. The first-order valence-electron chi connectivity index (χ1n) is 7.17. The molecule has 0 bridgehead atoms. The van der Waals surface area contributed by atoms with Crippen LogP contribution in [0.3, 0.4) is 0 Å². The van der Waals surface area contributed by atoms with Crippen LogP contribution in [0.25, 0.3) is 10.6 Å². The molecular weight excluding hydrogens is 282 g/mol. The fourth-order valence-electron chi connectivity index (χ4n) is 2.02. The molecule has 2 aromatic rings. The molecule has 0 unspecified atom stereocenters. The standard InChI is InChI=1S/C16H21N3OS/c1-12-5-4-6-13(9-12)16-19-14(11-21-16)10-15(20)18-8-3-2-7-17/h4-6,9,11H,2-3,7-8,10,17H2,1H3,(H,18,20). The Hall–Kier alpha value is -1.72. The Bertz CT molecular complexity index is 595. The number of nitrogens with zero attached hydrogens (tertiary/aromatic N) is 1. The molecule has 21 heavy (non-hydrogen) atoms. The number of carbonyl (C=O) groups is 1. The maximum absolute atomic E-state index is 11.8. The zero-order valence-electron chi connectivity index (χ0n) is 12.3. The molecule has 0 spiro atoms. The van der Waals surface area contributed by atoms with E-state index in [-0.39, 0.29) is 5.91 Å². The second-order valence-electron chi connectivity index (χ2n) is 5.04. The van der Waals surface area contributed by atoms with Crippen LogP contribution in [0.15, 0.2) is 29.6 Å². The van der Waals surface area contributed by atoms with E-state index >= 15 is 0 Å². The lowest BCUT2D eigenvalue weighted by Crippen LogP contribution is -2.26. The highest BCUT2D eigenvalue weighted by Gasteiger charge is 2.08. The summed E-state index contributed by atoms with van der Waals surface area (Å²) >= 11 is 1.58. The summed E-state index contributed by atoms with van der Waals surface area (Å²) in [5.74, 6) is 0.0214. The Labute approximate surface area is 129 Å². The molecule has 0 aliphatic heterocycles. The summed E-state index contributed by atoms with van der Waals surface area (Å²) in [7, 11) is 0. The van der Waals surface area contributed by atoms with Crippen molar-refractivity contribution in [1.29, 1.82) is 0 Å². The highest BCUT2D eigenvalue weighted by atomic mass is 32.1. The van der Waals surface area contributed by atoms with Crippen LogP contribution in [0.2, 0.25) is 0 Å². The van der Waals surface area contributed by atoms with Crippen LogP contribution in [0, 0.1) is 6.92 Å². The summed E-state index contributed by atoms with van der Waals surface area (Å²) in [4.78, 5) is 16.3. The summed E-state index contributed by atoms with van der Waals surface area (Å²) in [5, 5.41) is 5.81. The zero-order chi connectivity index (χ0) is 15.1. The quantitative estimate of drug-likeness (QED) is 0.772. The second kappa shape index (κ2) is 7.90. The van der Waals surface area contributed by atoms with E-state index in [1.54, 1.807) is 11.3 Å². The number of hydrogen-bond acceptors (Lipinski definition) is 4. The second-order valence-corrected chi connectivity index (χ2v) is 5.89. The predicted octanol–water partition coefficient (Wildman–Crippen LogP) is 2.52. The number of nitrogens with two attached hydrogens (primary N) is 1. The van der Waals surface area contributed by atoms with Gasteiger partial charge in [0.05, 0.1) is 12.1 Å². The van der Waals surface area contributed by atoms with E-state index in [2.05, 4.69) is 29.4 Å². The minimum Gasteiger partial charge on any atom is -0.356 e. The molecule has 3 N–H and O–H groups in total. The molecule has 1 aromatic carbocycles. The lowest BCUT2D eigenvalue weighted by Gasteiger charge is -2.02. The summed E-state index contributed by atoms with van der Waals surface area (Å²) in [5.41, 5.74) is 8.56. The molecule has 0 aliphatic carbocycles. The maximum atomic E-state index is 11.8. The molecule has 1 amide bonds. The van der Waals surface area contributed by atoms with E-state index in [4.69, 9.17) is 5.73 Å². The molecule has 1 aromatic heterocycles. The molecule has 4 nitrogen and oxygen atoms in total. The average molecular weight is 303 g/mol. The van der Waals surface area contributed by atoms with Crippen LogP contribution in [0.4, 0.5) is 0 Å². The molecule has 0 radical (unpaired) electrons. The molecule has 0 saturated heterocycles. The van der Waals surface area contributed by atoms with Crippen LogP contribution in [-0.4, -0.2) is 24.0 Å². The molecule has 1 heterocycles. The number of aromatic nitrogens is 1. The van der Waals surface area contributed by atoms with Crippen molar-refractivity contribution < 1.29 is 4.79 Å². The number of aryl methyl sites for hydroxylation is 1. The highest BCUT2D eigenvalue weighted by molar-refractivity contribution is 7.13. The van der Waals surface area contributed by atoms with Gasteiger partial charge in [0, 0.05) is 17.5 Å². The number of nitrogens with one attached hydrogen (secondary N) is 1. The minimum absolute atomic E-state index is 0.0214. The van der Waals surface area contributed by atoms with Gasteiger partial charge in [-0.3, -0.25) is 4.79 Å². The number of thiazole rings is 1.